The molecule has 0 atom stereocenters. The zero-order valence-corrected chi connectivity index (χ0v) is 12.3. The highest BCUT2D eigenvalue weighted by atomic mass is 32.2. The average molecular weight is 302 g/mol. The van der Waals surface area contributed by atoms with E-state index in [1.807, 2.05) is 31.2 Å². The van der Waals surface area contributed by atoms with Crippen LogP contribution in [0, 0.1) is 6.92 Å². The van der Waals surface area contributed by atoms with Gasteiger partial charge in [0.1, 0.15) is 11.3 Å². The summed E-state index contributed by atoms with van der Waals surface area (Å²) in [5.74, 6) is 0.432. The van der Waals surface area contributed by atoms with Crippen molar-refractivity contribution < 1.29 is 14.0 Å². The van der Waals surface area contributed by atoms with Crippen molar-refractivity contribution in [1.29, 1.82) is 0 Å². The molecule has 0 radical (unpaired) electrons. The van der Waals surface area contributed by atoms with Gasteiger partial charge in [-0.25, -0.2) is 0 Å². The SMILES string of the molecule is Cc1oc2ccccc2c1/C=C1/SC(=O)N(CCN)C1=O. The Morgan fingerprint density at radius 3 is 2.86 bits per heavy atom. The summed E-state index contributed by atoms with van der Waals surface area (Å²) >= 11 is 0.939. The quantitative estimate of drug-likeness (QED) is 0.882. The number of thioether (sulfide) groups is 1. The summed E-state index contributed by atoms with van der Waals surface area (Å²) in [6, 6.07) is 7.61. The van der Waals surface area contributed by atoms with E-state index in [9.17, 15) is 9.59 Å². The lowest BCUT2D eigenvalue weighted by molar-refractivity contribution is -0.122. The molecule has 21 heavy (non-hydrogen) atoms. The smallest absolute Gasteiger partial charge is 0.293 e. The van der Waals surface area contributed by atoms with Crippen molar-refractivity contribution in [1.82, 2.24) is 4.90 Å². The number of nitrogens with zero attached hydrogens (tertiary/aromatic N) is 1. The minimum atomic E-state index is -0.292. The highest BCUT2D eigenvalue weighted by molar-refractivity contribution is 8.18. The van der Waals surface area contributed by atoms with E-state index >= 15 is 0 Å². The molecule has 0 aliphatic carbocycles. The van der Waals surface area contributed by atoms with Gasteiger partial charge in [0.15, 0.2) is 0 Å². The van der Waals surface area contributed by atoms with Gasteiger partial charge in [-0.3, -0.25) is 14.5 Å². The Morgan fingerprint density at radius 2 is 2.10 bits per heavy atom. The third-order valence-electron chi connectivity index (χ3n) is 3.32. The topological polar surface area (TPSA) is 76.5 Å². The third kappa shape index (κ3) is 2.36. The fourth-order valence-corrected chi connectivity index (χ4v) is 3.17. The van der Waals surface area contributed by atoms with E-state index in [-0.39, 0.29) is 24.2 Å². The maximum atomic E-state index is 12.2. The Balaban J connectivity index is 2.03. The number of imide groups is 1. The molecule has 3 rings (SSSR count). The van der Waals surface area contributed by atoms with Crippen LogP contribution in [0.5, 0.6) is 0 Å². The molecule has 2 N–H and O–H groups in total. The molecule has 6 heteroatoms. The van der Waals surface area contributed by atoms with E-state index < -0.39 is 0 Å². The number of nitrogens with two attached hydrogens (primary N) is 1. The second-order valence-electron chi connectivity index (χ2n) is 4.69. The minimum Gasteiger partial charge on any atom is -0.461 e. The summed E-state index contributed by atoms with van der Waals surface area (Å²) in [6.07, 6.45) is 1.72. The van der Waals surface area contributed by atoms with Crippen LogP contribution < -0.4 is 5.73 Å². The second kappa shape index (κ2) is 5.38. The summed E-state index contributed by atoms with van der Waals surface area (Å²) in [4.78, 5) is 25.6. The zero-order chi connectivity index (χ0) is 15.0. The first-order valence-corrected chi connectivity index (χ1v) is 7.37. The fourth-order valence-electron chi connectivity index (χ4n) is 2.32. The third-order valence-corrected chi connectivity index (χ3v) is 4.23. The number of furan rings is 1. The molecule has 1 aliphatic heterocycles. The minimum absolute atomic E-state index is 0.243. The highest BCUT2D eigenvalue weighted by Crippen LogP contribution is 2.35. The average Bonchev–Trinajstić information content (AvgIpc) is 2.92. The molecule has 0 saturated carbocycles. The summed E-state index contributed by atoms with van der Waals surface area (Å²) < 4.78 is 5.66. The number of para-hydroxylation sites is 1. The molecule has 1 aromatic carbocycles. The molecule has 5 nitrogen and oxygen atoms in total. The van der Waals surface area contributed by atoms with Crippen LogP contribution in [0.1, 0.15) is 11.3 Å². The van der Waals surface area contributed by atoms with Gasteiger partial charge < -0.3 is 10.2 Å². The zero-order valence-electron chi connectivity index (χ0n) is 11.5. The van der Waals surface area contributed by atoms with E-state index in [0.29, 0.717) is 4.91 Å². The van der Waals surface area contributed by atoms with Gasteiger partial charge in [-0.05, 0) is 30.8 Å². The molecule has 1 aromatic heterocycles. The van der Waals surface area contributed by atoms with Crippen molar-refractivity contribution >= 4 is 40.0 Å². The number of hydrogen-bond donors (Lipinski definition) is 1. The predicted octanol–water partition coefficient (Wildman–Crippen LogP) is 2.74. The van der Waals surface area contributed by atoms with Gasteiger partial charge in [0, 0.05) is 24.0 Å². The number of aryl methyl sites for hydroxylation is 1. The van der Waals surface area contributed by atoms with Gasteiger partial charge in [-0.2, -0.15) is 0 Å². The van der Waals surface area contributed by atoms with E-state index in [4.69, 9.17) is 10.2 Å². The van der Waals surface area contributed by atoms with E-state index in [2.05, 4.69) is 0 Å². The maximum Gasteiger partial charge on any atom is 0.293 e. The van der Waals surface area contributed by atoms with Gasteiger partial charge in [-0.1, -0.05) is 18.2 Å². The van der Waals surface area contributed by atoms with Crippen molar-refractivity contribution in [2.75, 3.05) is 13.1 Å². The molecule has 1 fully saturated rings. The monoisotopic (exact) mass is 302 g/mol. The first-order chi connectivity index (χ1) is 10.1. The van der Waals surface area contributed by atoms with E-state index in [1.165, 1.54) is 4.90 Å². The summed E-state index contributed by atoms with van der Waals surface area (Å²) in [7, 11) is 0. The van der Waals surface area contributed by atoms with E-state index in [1.54, 1.807) is 6.08 Å². The van der Waals surface area contributed by atoms with E-state index in [0.717, 1.165) is 34.1 Å². The normalized spacial score (nSPS) is 17.4. The van der Waals surface area contributed by atoms with Crippen LogP contribution in [-0.4, -0.2) is 29.1 Å². The number of hydrogen-bond acceptors (Lipinski definition) is 5. The number of amides is 2. The molecule has 1 aliphatic rings. The fraction of sp³-hybridized carbons (Fsp3) is 0.200. The molecule has 2 amide bonds. The van der Waals surface area contributed by atoms with Crippen LogP contribution in [-0.2, 0) is 4.79 Å². The Hall–Kier alpha value is -2.05. The predicted molar refractivity (Wildman–Crippen MR) is 82.7 cm³/mol. The molecular formula is C15H14N2O3S. The van der Waals surface area contributed by atoms with Gasteiger partial charge in [0.05, 0.1) is 4.91 Å². The molecule has 1 saturated heterocycles. The van der Waals surface area contributed by atoms with Crippen LogP contribution in [0.4, 0.5) is 4.79 Å². The molecular weight excluding hydrogens is 288 g/mol. The van der Waals surface area contributed by atoms with Crippen molar-refractivity contribution in [3.63, 3.8) is 0 Å². The lowest BCUT2D eigenvalue weighted by Gasteiger charge is -2.09. The molecule has 0 unspecified atom stereocenters. The van der Waals surface area contributed by atoms with Gasteiger partial charge in [0.2, 0.25) is 0 Å². The van der Waals surface area contributed by atoms with Gasteiger partial charge >= 0.3 is 0 Å². The molecule has 0 spiro atoms. The largest absolute Gasteiger partial charge is 0.461 e. The van der Waals surface area contributed by atoms with Crippen LogP contribution >= 0.6 is 11.8 Å². The number of fused-ring (bicyclic) bond motifs is 1. The van der Waals surface area contributed by atoms with Crippen LogP contribution in [0.2, 0.25) is 0 Å². The van der Waals surface area contributed by atoms with Gasteiger partial charge in [-0.15, -0.1) is 0 Å². The maximum absolute atomic E-state index is 12.2. The lowest BCUT2D eigenvalue weighted by Crippen LogP contribution is -2.33. The first kappa shape index (κ1) is 13.9. The van der Waals surface area contributed by atoms with Crippen molar-refractivity contribution in [2.45, 2.75) is 6.92 Å². The number of rotatable bonds is 3. The Bertz CT molecular complexity index is 763. The Kier molecular flexibility index (Phi) is 3.57. The first-order valence-electron chi connectivity index (χ1n) is 6.55. The summed E-state index contributed by atoms with van der Waals surface area (Å²) in [5, 5.41) is 0.655. The van der Waals surface area contributed by atoms with Crippen LogP contribution in [0.25, 0.3) is 17.0 Å². The number of carbonyl (C=O) groups excluding carboxylic acids is 2. The standard InChI is InChI=1S/C15H14N2O3S/c1-9-11(10-4-2-3-5-12(10)20-9)8-13-14(18)17(7-6-16)15(19)21-13/h2-5,8H,6-7,16H2,1H3/b13-8+. The second-order valence-corrected chi connectivity index (χ2v) is 5.68. The van der Waals surface area contributed by atoms with Crippen LogP contribution in [0.15, 0.2) is 33.6 Å². The number of carbonyl (C=O) groups is 2. The van der Waals surface area contributed by atoms with Crippen molar-refractivity contribution in [3.05, 3.63) is 40.5 Å². The molecule has 108 valence electrons. The Morgan fingerprint density at radius 1 is 1.33 bits per heavy atom. The lowest BCUT2D eigenvalue weighted by atomic mass is 10.1. The highest BCUT2D eigenvalue weighted by Gasteiger charge is 2.34. The molecule has 2 heterocycles. The van der Waals surface area contributed by atoms with Crippen LogP contribution in [0.3, 0.4) is 0 Å². The van der Waals surface area contributed by atoms with Crippen molar-refractivity contribution in [2.24, 2.45) is 5.73 Å². The van der Waals surface area contributed by atoms with Gasteiger partial charge in [0.25, 0.3) is 11.1 Å². The molecule has 2 aromatic rings. The summed E-state index contributed by atoms with van der Waals surface area (Å²) in [5.41, 5.74) is 7.03. The van der Waals surface area contributed by atoms with Crippen molar-refractivity contribution in [3.8, 4) is 0 Å². The number of benzene rings is 1. The summed E-state index contributed by atoms with van der Waals surface area (Å²) in [6.45, 7) is 2.35. The Labute approximate surface area is 125 Å². The molecule has 0 bridgehead atoms.